The smallest absolute Gasteiger partial charge is 0.315 e. The van der Waals surface area contributed by atoms with Crippen LogP contribution in [0.1, 0.15) is 94.0 Å². The second kappa shape index (κ2) is 35.7. The van der Waals surface area contributed by atoms with Crippen molar-refractivity contribution in [3.63, 3.8) is 0 Å². The number of carbonyl (C=O) groups is 9. The monoisotopic (exact) mass is 1310 g/mol. The number of urea groups is 1. The van der Waals surface area contributed by atoms with Crippen LogP contribution in [0, 0.1) is 17.7 Å². The summed E-state index contributed by atoms with van der Waals surface area (Å²) in [5.74, 6) is -5.78. The standard InChI is InChI=1S/C66H88FN13O12S/c1-41(2)31-51-63(86)72-50(32-42-13-5-4-6-14-42)56(81)35-44(34-45-37-79(3)55-17-8-7-15-48(45)55)62(85)73-52(33-43-20-22-46(67)23-21-43)64(87)71-49(61(68)84)16-11-12-25-80-38-47(77-78-80)36-53(65(88)74-51)70-59(83)39-92-30-29-91-28-27-90-26-24-69-58(82)19-10-9-18-57-60-54(40-93-57)75-66(89)76-60/h4-8,13-15,17,20-23,37-38,41,44,49-54,57,60H,9-12,16,18-19,24-36,39-40H2,1-3H3,(H2,68,84)(H,69,82)(H,70,83)(H,71,87)(H,72,86)(H,73,85)(H,74,88)(H2,75,76,89)/t44-,49+,50-,51-,52+,53+,54-,57-,60-/m1/s1. The van der Waals surface area contributed by atoms with Gasteiger partial charge in [0.05, 0.1) is 56.9 Å². The van der Waals surface area contributed by atoms with Gasteiger partial charge in [0.25, 0.3) is 0 Å². The molecule has 502 valence electrons. The van der Waals surface area contributed by atoms with Crippen LogP contribution in [0.2, 0.25) is 0 Å². The fourth-order valence-electron chi connectivity index (χ4n) is 11.8. The average Bonchev–Trinajstić information content (AvgIpc) is 1.71. The van der Waals surface area contributed by atoms with Crippen molar-refractivity contribution in [2.24, 2.45) is 24.6 Å². The Kier molecular flexibility index (Phi) is 27.1. The molecule has 8 rings (SSSR count). The molecule has 9 amide bonds. The summed E-state index contributed by atoms with van der Waals surface area (Å²) in [5.41, 5.74) is 8.99. The zero-order valence-electron chi connectivity index (χ0n) is 53.0. The van der Waals surface area contributed by atoms with Gasteiger partial charge in [-0.25, -0.2) is 9.18 Å². The summed E-state index contributed by atoms with van der Waals surface area (Å²) in [6.45, 7) is 4.86. The van der Waals surface area contributed by atoms with Crippen LogP contribution in [-0.4, -0.2) is 172 Å². The van der Waals surface area contributed by atoms with Crippen molar-refractivity contribution in [2.75, 3.05) is 51.9 Å². The summed E-state index contributed by atoms with van der Waals surface area (Å²) in [4.78, 5) is 125. The molecule has 93 heavy (non-hydrogen) atoms. The number of ketones is 1. The SMILES string of the molecule is CC(C)C[C@H]1NC(=O)[C@@H](NC(=O)COCCOCCOCCNC(=O)CCCC[C@H]2SC[C@H]3NC(=O)N[C@H]32)Cc2cn(nn2)CCCC[C@@H](C(N)=O)NC(=O)[C@H](Cc2ccc(F)cc2)NC(=O)[C@H](Cc2cn(C)c3ccccc23)CC(=O)[C@@H](Cc2ccccc2)NC1=O. The Bertz CT molecular complexity index is 3330. The van der Waals surface area contributed by atoms with Gasteiger partial charge in [-0.1, -0.05) is 86.1 Å². The second-order valence-corrected chi connectivity index (χ2v) is 25.7. The van der Waals surface area contributed by atoms with Gasteiger partial charge in [0.1, 0.15) is 36.6 Å². The molecule has 9 atom stereocenters. The van der Waals surface area contributed by atoms with Gasteiger partial charge in [-0.2, -0.15) is 11.8 Å². The molecule has 0 spiro atoms. The number of ether oxygens (including phenoxy) is 3. The molecule has 5 heterocycles. The summed E-state index contributed by atoms with van der Waals surface area (Å²) >= 11 is 1.86. The topological polar surface area (TPSA) is 339 Å². The number of halogens is 1. The van der Waals surface area contributed by atoms with E-state index < -0.39 is 96.2 Å². The minimum absolute atomic E-state index is 0.000453. The number of thioether (sulfide) groups is 1. The van der Waals surface area contributed by atoms with Crippen LogP contribution in [-0.2, 0) is 91.8 Å². The lowest BCUT2D eigenvalue weighted by atomic mass is 9.89. The van der Waals surface area contributed by atoms with E-state index >= 15 is 9.59 Å². The van der Waals surface area contributed by atoms with Crippen molar-refractivity contribution >= 4 is 75.8 Å². The highest BCUT2D eigenvalue weighted by Crippen LogP contribution is 2.33. The van der Waals surface area contributed by atoms with E-state index in [2.05, 4.69) is 52.8 Å². The Morgan fingerprint density at radius 1 is 0.720 bits per heavy atom. The number of hydrogen-bond acceptors (Lipinski definition) is 15. The van der Waals surface area contributed by atoms with E-state index in [1.54, 1.807) is 30.5 Å². The van der Waals surface area contributed by atoms with Crippen LogP contribution in [0.3, 0.4) is 0 Å². The molecule has 27 heteroatoms. The predicted octanol–water partition coefficient (Wildman–Crippen LogP) is 2.79. The third-order valence-electron chi connectivity index (χ3n) is 16.6. The van der Waals surface area contributed by atoms with Crippen LogP contribution >= 0.6 is 11.8 Å². The van der Waals surface area contributed by atoms with Gasteiger partial charge < -0.3 is 67.0 Å². The average molecular weight is 1310 g/mol. The number of hydrogen-bond donors (Lipinski definition) is 9. The van der Waals surface area contributed by atoms with Crippen molar-refractivity contribution in [1.82, 2.24) is 62.1 Å². The number of primary amides is 1. The Balaban J connectivity index is 0.924. The van der Waals surface area contributed by atoms with Crippen molar-refractivity contribution in [3.8, 4) is 0 Å². The molecule has 3 aliphatic heterocycles. The van der Waals surface area contributed by atoms with Crippen molar-refractivity contribution in [3.05, 3.63) is 119 Å². The van der Waals surface area contributed by atoms with Gasteiger partial charge in [0.15, 0.2) is 5.78 Å². The van der Waals surface area contributed by atoms with Gasteiger partial charge in [-0.05, 0) is 92.2 Å². The molecule has 2 aromatic heterocycles. The quantitative estimate of drug-likeness (QED) is 0.0284. The number of carbonyl (C=O) groups excluding carboxylic acids is 9. The predicted molar refractivity (Wildman–Crippen MR) is 345 cm³/mol. The largest absolute Gasteiger partial charge is 0.377 e. The van der Waals surface area contributed by atoms with Gasteiger partial charge >= 0.3 is 6.03 Å². The van der Waals surface area contributed by atoms with Crippen molar-refractivity contribution < 1.29 is 61.8 Å². The molecule has 10 N–H and O–H groups in total. The lowest BCUT2D eigenvalue weighted by molar-refractivity contribution is -0.135. The molecule has 0 unspecified atom stereocenters. The zero-order chi connectivity index (χ0) is 66.2. The van der Waals surface area contributed by atoms with E-state index in [0.29, 0.717) is 61.0 Å². The third kappa shape index (κ3) is 22.2. The first-order valence-electron chi connectivity index (χ1n) is 32.1. The Morgan fingerprint density at radius 3 is 2.17 bits per heavy atom. The van der Waals surface area contributed by atoms with E-state index in [-0.39, 0.29) is 94.9 Å². The number of fused-ring (bicyclic) bond motifs is 4. The zero-order valence-corrected chi connectivity index (χ0v) is 53.9. The van der Waals surface area contributed by atoms with Crippen LogP contribution in [0.5, 0.6) is 0 Å². The lowest BCUT2D eigenvalue weighted by Gasteiger charge is -2.27. The number of nitrogens with two attached hydrogens (primary N) is 1. The Labute approximate surface area is 544 Å². The third-order valence-corrected chi connectivity index (χ3v) is 18.2. The maximum absolute atomic E-state index is 15.1. The Morgan fingerprint density at radius 2 is 1.41 bits per heavy atom. The number of nitrogens with one attached hydrogen (secondary N) is 8. The van der Waals surface area contributed by atoms with Gasteiger partial charge in [-0.3, -0.25) is 43.0 Å². The fraction of sp³-hybridized carbons (Fsp3) is 0.530. The van der Waals surface area contributed by atoms with Gasteiger partial charge in [0, 0.05) is 86.0 Å². The summed E-state index contributed by atoms with van der Waals surface area (Å²) < 4.78 is 34.5. The van der Waals surface area contributed by atoms with Crippen LogP contribution in [0.4, 0.5) is 9.18 Å². The second-order valence-electron chi connectivity index (χ2n) is 24.4. The van der Waals surface area contributed by atoms with E-state index in [1.165, 1.54) is 28.9 Å². The van der Waals surface area contributed by atoms with Crippen molar-refractivity contribution in [1.29, 1.82) is 0 Å². The minimum Gasteiger partial charge on any atom is -0.377 e. The first-order chi connectivity index (χ1) is 44.8. The van der Waals surface area contributed by atoms with E-state index in [0.717, 1.165) is 41.5 Å². The number of Topliss-reactive ketones (excluding diaryl/α,β-unsaturated/α-hetero) is 1. The molecule has 0 aliphatic carbocycles. The summed E-state index contributed by atoms with van der Waals surface area (Å²) in [5, 5.41) is 32.7. The van der Waals surface area contributed by atoms with Gasteiger partial charge in [0.2, 0.25) is 41.4 Å². The first-order valence-corrected chi connectivity index (χ1v) is 33.1. The van der Waals surface area contributed by atoms with Gasteiger partial charge in [-0.15, -0.1) is 5.10 Å². The number of para-hydroxylation sites is 1. The van der Waals surface area contributed by atoms with Crippen LogP contribution < -0.4 is 48.3 Å². The Hall–Kier alpha value is -8.27. The maximum Gasteiger partial charge on any atom is 0.315 e. The van der Waals surface area contributed by atoms with E-state index in [1.807, 2.05) is 73.8 Å². The molecule has 2 saturated heterocycles. The highest BCUT2D eigenvalue weighted by molar-refractivity contribution is 8.00. The number of unbranched alkanes of at least 4 members (excludes halogenated alkanes) is 1. The minimum atomic E-state index is -1.33. The molecule has 0 saturated carbocycles. The highest BCUT2D eigenvalue weighted by atomic mass is 32.2. The highest BCUT2D eigenvalue weighted by Gasteiger charge is 2.43. The molecule has 3 aromatic carbocycles. The van der Waals surface area contributed by atoms with Crippen LogP contribution in [0.25, 0.3) is 10.9 Å². The molecule has 3 aliphatic rings. The van der Waals surface area contributed by atoms with E-state index in [9.17, 15) is 38.0 Å². The number of benzene rings is 3. The molecular weight excluding hydrogens is 1220 g/mol. The first kappa shape index (κ1) is 70.6. The normalized spacial score (nSPS) is 22.8. The van der Waals surface area contributed by atoms with Crippen LogP contribution in [0.15, 0.2) is 91.3 Å². The number of amides is 9. The summed E-state index contributed by atoms with van der Waals surface area (Å²) in [6.07, 6.45) is 6.81. The number of rotatable bonds is 26. The molecular formula is C66H88FN13O12S. The number of nitrogens with zero attached hydrogens (tertiary/aromatic N) is 4. The van der Waals surface area contributed by atoms with E-state index in [4.69, 9.17) is 19.9 Å². The van der Waals surface area contributed by atoms with Crippen molar-refractivity contribution in [2.45, 2.75) is 151 Å². The fourth-order valence-corrected chi connectivity index (χ4v) is 13.3. The maximum atomic E-state index is 15.1. The molecule has 2 fully saturated rings. The molecule has 25 nitrogen and oxygen atoms in total. The lowest BCUT2D eigenvalue weighted by Crippen LogP contribution is -2.57. The molecule has 2 bridgehead atoms. The number of aromatic nitrogens is 4. The summed E-state index contributed by atoms with van der Waals surface area (Å²) in [6, 6.07) is 15.9. The molecule has 0 radical (unpaired) electrons. The number of aryl methyl sites for hydroxylation is 2. The summed E-state index contributed by atoms with van der Waals surface area (Å²) in [7, 11) is 1.86. The molecule has 5 aromatic rings.